The van der Waals surface area contributed by atoms with Crippen LogP contribution in [0.4, 0.5) is 18.9 Å². The molecule has 0 radical (unpaired) electrons. The van der Waals surface area contributed by atoms with Crippen LogP contribution >= 0.6 is 0 Å². The largest absolute Gasteiger partial charge is 0.416 e. The number of carbonyl (C=O) groups excluding carboxylic acids is 1. The number of nitrogens with one attached hydrogen (secondary N) is 1. The lowest BCUT2D eigenvalue weighted by Crippen LogP contribution is -2.49. The highest BCUT2D eigenvalue weighted by Gasteiger charge is 2.31. The quantitative estimate of drug-likeness (QED) is 0.917. The van der Waals surface area contributed by atoms with Crippen molar-refractivity contribution < 1.29 is 18.0 Å². The summed E-state index contributed by atoms with van der Waals surface area (Å²) < 4.78 is 38.5. The molecule has 2 fully saturated rings. The smallest absolute Gasteiger partial charge is 0.368 e. The molecular formula is C17H22F3N3O. The second kappa shape index (κ2) is 7.01. The van der Waals surface area contributed by atoms with Gasteiger partial charge in [-0.3, -0.25) is 4.79 Å². The predicted molar refractivity (Wildman–Crippen MR) is 85.8 cm³/mol. The van der Waals surface area contributed by atoms with E-state index in [0.29, 0.717) is 44.2 Å². The highest BCUT2D eigenvalue weighted by Crippen LogP contribution is 2.31. The molecule has 1 aromatic carbocycles. The molecule has 24 heavy (non-hydrogen) atoms. The summed E-state index contributed by atoms with van der Waals surface area (Å²) in [4.78, 5) is 16.1. The van der Waals surface area contributed by atoms with Crippen LogP contribution in [0, 0.1) is 5.92 Å². The molecule has 132 valence electrons. The van der Waals surface area contributed by atoms with Crippen LogP contribution in [0.25, 0.3) is 0 Å². The third-order valence-electron chi connectivity index (χ3n) is 4.80. The molecule has 1 amide bonds. The Bertz CT molecular complexity index is 577. The summed E-state index contributed by atoms with van der Waals surface area (Å²) in [6, 6.07) is 5.39. The van der Waals surface area contributed by atoms with Gasteiger partial charge in [0.2, 0.25) is 5.91 Å². The van der Waals surface area contributed by atoms with E-state index in [4.69, 9.17) is 0 Å². The number of hydrogen-bond acceptors (Lipinski definition) is 3. The first-order valence-corrected chi connectivity index (χ1v) is 8.34. The van der Waals surface area contributed by atoms with Gasteiger partial charge < -0.3 is 15.1 Å². The van der Waals surface area contributed by atoms with E-state index in [1.807, 2.05) is 9.80 Å². The van der Waals surface area contributed by atoms with E-state index < -0.39 is 11.7 Å². The van der Waals surface area contributed by atoms with Gasteiger partial charge in [0.1, 0.15) is 0 Å². The first kappa shape index (κ1) is 17.1. The Hall–Kier alpha value is -1.76. The van der Waals surface area contributed by atoms with E-state index in [2.05, 4.69) is 5.32 Å². The summed E-state index contributed by atoms with van der Waals surface area (Å²) >= 11 is 0. The van der Waals surface area contributed by atoms with Gasteiger partial charge in [0.15, 0.2) is 0 Å². The van der Waals surface area contributed by atoms with Crippen LogP contribution in [-0.4, -0.2) is 50.1 Å². The Balaban J connectivity index is 1.56. The minimum Gasteiger partial charge on any atom is -0.368 e. The number of rotatable bonds is 3. The molecule has 0 spiro atoms. The number of alkyl halides is 3. The number of anilines is 1. The van der Waals surface area contributed by atoms with Gasteiger partial charge in [-0.15, -0.1) is 0 Å². The SMILES string of the molecule is O=C(CC1CCNC1)N1CCN(c2cccc(C(F)(F)F)c2)CC1. The number of piperazine rings is 1. The molecule has 2 aliphatic rings. The van der Waals surface area contributed by atoms with Crippen LogP contribution in [0.2, 0.25) is 0 Å². The van der Waals surface area contributed by atoms with E-state index in [-0.39, 0.29) is 5.91 Å². The topological polar surface area (TPSA) is 35.6 Å². The highest BCUT2D eigenvalue weighted by molar-refractivity contribution is 5.77. The van der Waals surface area contributed by atoms with Gasteiger partial charge in [-0.2, -0.15) is 13.2 Å². The lowest BCUT2D eigenvalue weighted by Gasteiger charge is -2.36. The fourth-order valence-corrected chi connectivity index (χ4v) is 3.36. The van der Waals surface area contributed by atoms with Crippen molar-refractivity contribution in [2.24, 2.45) is 5.92 Å². The molecular weight excluding hydrogens is 319 g/mol. The lowest BCUT2D eigenvalue weighted by atomic mass is 10.0. The first-order valence-electron chi connectivity index (χ1n) is 8.34. The van der Waals surface area contributed by atoms with Crippen molar-refractivity contribution in [2.75, 3.05) is 44.2 Å². The van der Waals surface area contributed by atoms with Gasteiger partial charge in [0, 0.05) is 38.3 Å². The highest BCUT2D eigenvalue weighted by atomic mass is 19.4. The van der Waals surface area contributed by atoms with Crippen molar-refractivity contribution in [1.82, 2.24) is 10.2 Å². The van der Waals surface area contributed by atoms with Crippen molar-refractivity contribution in [3.05, 3.63) is 29.8 Å². The third kappa shape index (κ3) is 4.01. The zero-order valence-corrected chi connectivity index (χ0v) is 13.5. The van der Waals surface area contributed by atoms with Crippen LogP contribution < -0.4 is 10.2 Å². The Kier molecular flexibility index (Phi) is 4.99. The standard InChI is InChI=1S/C17H22F3N3O/c18-17(19,20)14-2-1-3-15(11-14)22-6-8-23(9-7-22)16(24)10-13-4-5-21-12-13/h1-3,11,13,21H,4-10,12H2. The number of halogens is 3. The van der Waals surface area contributed by atoms with E-state index in [1.165, 1.54) is 12.1 Å². The molecule has 1 atom stereocenters. The summed E-state index contributed by atoms with van der Waals surface area (Å²) in [7, 11) is 0. The molecule has 0 aliphatic carbocycles. The van der Waals surface area contributed by atoms with Gasteiger partial charge >= 0.3 is 6.18 Å². The second-order valence-corrected chi connectivity index (χ2v) is 6.48. The fraction of sp³-hybridized carbons (Fsp3) is 0.588. The molecule has 0 bridgehead atoms. The van der Waals surface area contributed by atoms with Crippen LogP contribution in [-0.2, 0) is 11.0 Å². The summed E-state index contributed by atoms with van der Waals surface area (Å²) in [5.41, 5.74) is -0.0656. The third-order valence-corrected chi connectivity index (χ3v) is 4.80. The van der Waals surface area contributed by atoms with Crippen molar-refractivity contribution in [3.8, 4) is 0 Å². The molecule has 7 heteroatoms. The van der Waals surface area contributed by atoms with Crippen molar-refractivity contribution >= 4 is 11.6 Å². The molecule has 2 heterocycles. The summed E-state index contributed by atoms with van der Waals surface area (Å²) in [6.07, 6.45) is -2.73. The molecule has 1 aromatic rings. The molecule has 2 aliphatic heterocycles. The Morgan fingerprint density at radius 2 is 1.96 bits per heavy atom. The Morgan fingerprint density at radius 3 is 2.58 bits per heavy atom. The zero-order valence-electron chi connectivity index (χ0n) is 13.5. The van der Waals surface area contributed by atoms with E-state index >= 15 is 0 Å². The molecule has 1 unspecified atom stereocenters. The van der Waals surface area contributed by atoms with Crippen LogP contribution in [0.15, 0.2) is 24.3 Å². The van der Waals surface area contributed by atoms with Crippen molar-refractivity contribution in [1.29, 1.82) is 0 Å². The van der Waals surface area contributed by atoms with E-state index in [1.54, 1.807) is 6.07 Å². The minimum atomic E-state index is -4.33. The second-order valence-electron chi connectivity index (χ2n) is 6.48. The number of amides is 1. The van der Waals surface area contributed by atoms with Gasteiger partial charge in [-0.05, 0) is 43.6 Å². The molecule has 3 rings (SSSR count). The number of hydrogen-bond donors (Lipinski definition) is 1. The van der Waals surface area contributed by atoms with Gasteiger partial charge in [0.05, 0.1) is 5.56 Å². The van der Waals surface area contributed by atoms with Crippen LogP contribution in [0.5, 0.6) is 0 Å². The van der Waals surface area contributed by atoms with Gasteiger partial charge in [-0.1, -0.05) is 6.07 Å². The Labute approximate surface area is 139 Å². The van der Waals surface area contributed by atoms with Gasteiger partial charge in [0.25, 0.3) is 0 Å². The minimum absolute atomic E-state index is 0.160. The van der Waals surface area contributed by atoms with E-state index in [9.17, 15) is 18.0 Å². The molecule has 0 saturated carbocycles. The van der Waals surface area contributed by atoms with Crippen molar-refractivity contribution in [3.63, 3.8) is 0 Å². The average Bonchev–Trinajstić information content (AvgIpc) is 3.07. The number of carbonyl (C=O) groups is 1. The number of benzene rings is 1. The summed E-state index contributed by atoms with van der Waals surface area (Å²) in [6.45, 7) is 4.13. The zero-order chi connectivity index (χ0) is 17.2. The normalized spacial score (nSPS) is 22.0. The lowest BCUT2D eigenvalue weighted by molar-refractivity contribution is -0.137. The number of nitrogens with zero attached hydrogens (tertiary/aromatic N) is 2. The van der Waals surface area contributed by atoms with Gasteiger partial charge in [-0.25, -0.2) is 0 Å². The van der Waals surface area contributed by atoms with Crippen molar-refractivity contribution in [2.45, 2.75) is 19.0 Å². The maximum atomic E-state index is 12.8. The summed E-state index contributed by atoms with van der Waals surface area (Å²) in [5.74, 6) is 0.575. The molecule has 2 saturated heterocycles. The molecule has 0 aromatic heterocycles. The summed E-state index contributed by atoms with van der Waals surface area (Å²) in [5, 5.41) is 3.26. The molecule has 4 nitrogen and oxygen atoms in total. The monoisotopic (exact) mass is 341 g/mol. The predicted octanol–water partition coefficient (Wildman–Crippen LogP) is 2.35. The van der Waals surface area contributed by atoms with Crippen LogP contribution in [0.3, 0.4) is 0 Å². The van der Waals surface area contributed by atoms with Crippen LogP contribution in [0.1, 0.15) is 18.4 Å². The average molecular weight is 341 g/mol. The van der Waals surface area contributed by atoms with E-state index in [0.717, 1.165) is 25.6 Å². The first-order chi connectivity index (χ1) is 11.4. The molecule has 1 N–H and O–H groups in total. The fourth-order valence-electron chi connectivity index (χ4n) is 3.36. The maximum absolute atomic E-state index is 12.8. The maximum Gasteiger partial charge on any atom is 0.416 e. The Morgan fingerprint density at radius 1 is 1.21 bits per heavy atom.